The van der Waals surface area contributed by atoms with Gasteiger partial charge in [0.2, 0.25) is 0 Å². The van der Waals surface area contributed by atoms with Gasteiger partial charge >= 0.3 is 0 Å². The third kappa shape index (κ3) is 4.40. The van der Waals surface area contributed by atoms with Crippen LogP contribution in [0.4, 0.5) is 0 Å². The molecule has 0 saturated heterocycles. The van der Waals surface area contributed by atoms with Gasteiger partial charge in [-0.15, -0.1) is 11.3 Å². The number of hydrogen-bond donors (Lipinski definition) is 0. The predicted octanol–water partition coefficient (Wildman–Crippen LogP) is 4.11. The van der Waals surface area contributed by atoms with Gasteiger partial charge in [-0.25, -0.2) is 0 Å². The molecule has 1 heterocycles. The maximum Gasteiger partial charge on any atom is 0.254 e. The Morgan fingerprint density at radius 1 is 1.38 bits per heavy atom. The number of amides is 1. The minimum Gasteiger partial charge on any atom is -0.383 e. The highest BCUT2D eigenvalue weighted by molar-refractivity contribution is 9.10. The molecule has 0 unspecified atom stereocenters. The lowest BCUT2D eigenvalue weighted by Crippen LogP contribution is -2.33. The Bertz CT molecular complexity index is 598. The SMILES string of the molecule is COCCN(Cc1cccs1)C(=O)c1cc(Br)ccc1C. The monoisotopic (exact) mass is 367 g/mol. The van der Waals surface area contributed by atoms with Gasteiger partial charge in [-0.3, -0.25) is 4.79 Å². The van der Waals surface area contributed by atoms with E-state index in [0.717, 1.165) is 15.6 Å². The second-order valence-corrected chi connectivity index (χ2v) is 6.71. The average Bonchev–Trinajstić information content (AvgIpc) is 2.98. The lowest BCUT2D eigenvalue weighted by Gasteiger charge is -2.23. The van der Waals surface area contributed by atoms with E-state index in [1.54, 1.807) is 18.4 Å². The summed E-state index contributed by atoms with van der Waals surface area (Å²) in [5.74, 6) is 0.0410. The number of rotatable bonds is 6. The highest BCUT2D eigenvalue weighted by atomic mass is 79.9. The third-order valence-corrected chi connectivity index (χ3v) is 4.56. The fourth-order valence-electron chi connectivity index (χ4n) is 2.04. The number of nitrogens with zero attached hydrogens (tertiary/aromatic N) is 1. The van der Waals surface area contributed by atoms with Gasteiger partial charge in [0.15, 0.2) is 0 Å². The van der Waals surface area contributed by atoms with Gasteiger partial charge in [0.05, 0.1) is 13.2 Å². The smallest absolute Gasteiger partial charge is 0.254 e. The van der Waals surface area contributed by atoms with Crippen molar-refractivity contribution in [3.63, 3.8) is 0 Å². The van der Waals surface area contributed by atoms with Gasteiger partial charge in [-0.1, -0.05) is 28.1 Å². The summed E-state index contributed by atoms with van der Waals surface area (Å²) in [5, 5.41) is 2.03. The molecule has 1 aromatic carbocycles. The Hall–Kier alpha value is -1.17. The highest BCUT2D eigenvalue weighted by Gasteiger charge is 2.18. The molecule has 0 aliphatic carbocycles. The van der Waals surface area contributed by atoms with Crippen LogP contribution in [0.15, 0.2) is 40.2 Å². The van der Waals surface area contributed by atoms with Crippen molar-refractivity contribution in [1.29, 1.82) is 0 Å². The van der Waals surface area contributed by atoms with Gasteiger partial charge < -0.3 is 9.64 Å². The standard InChI is InChI=1S/C16H18BrNO2S/c1-12-5-6-13(17)10-15(12)16(19)18(7-8-20-2)11-14-4-3-9-21-14/h3-6,9-10H,7-8,11H2,1-2H3. The molecule has 0 saturated carbocycles. The number of aryl methyl sites for hydroxylation is 1. The molecule has 1 aromatic heterocycles. The molecule has 21 heavy (non-hydrogen) atoms. The summed E-state index contributed by atoms with van der Waals surface area (Å²) in [4.78, 5) is 15.8. The zero-order valence-electron chi connectivity index (χ0n) is 12.1. The van der Waals surface area contributed by atoms with Crippen molar-refractivity contribution in [2.75, 3.05) is 20.3 Å². The Kier molecular flexibility index (Phi) is 5.96. The quantitative estimate of drug-likeness (QED) is 0.768. The van der Waals surface area contributed by atoms with Crippen molar-refractivity contribution in [3.8, 4) is 0 Å². The van der Waals surface area contributed by atoms with E-state index in [1.165, 1.54) is 4.88 Å². The summed E-state index contributed by atoms with van der Waals surface area (Å²) in [7, 11) is 1.65. The van der Waals surface area contributed by atoms with Crippen LogP contribution in [0, 0.1) is 6.92 Å². The first-order valence-electron chi connectivity index (χ1n) is 6.68. The summed E-state index contributed by atoms with van der Waals surface area (Å²) in [6.45, 7) is 3.69. The molecule has 0 bridgehead atoms. The summed E-state index contributed by atoms with van der Waals surface area (Å²) in [6, 6.07) is 9.84. The summed E-state index contributed by atoms with van der Waals surface area (Å²) in [6.07, 6.45) is 0. The molecule has 1 amide bonds. The molecule has 5 heteroatoms. The molecule has 0 aliphatic rings. The van der Waals surface area contributed by atoms with Gasteiger partial charge in [-0.05, 0) is 36.1 Å². The molecular weight excluding hydrogens is 350 g/mol. The van der Waals surface area contributed by atoms with E-state index in [0.29, 0.717) is 19.7 Å². The third-order valence-electron chi connectivity index (χ3n) is 3.21. The van der Waals surface area contributed by atoms with E-state index in [-0.39, 0.29) is 5.91 Å². The van der Waals surface area contributed by atoms with Crippen molar-refractivity contribution < 1.29 is 9.53 Å². The largest absolute Gasteiger partial charge is 0.383 e. The molecule has 3 nitrogen and oxygen atoms in total. The van der Waals surface area contributed by atoms with Gasteiger partial charge in [-0.2, -0.15) is 0 Å². The molecule has 112 valence electrons. The minimum absolute atomic E-state index is 0.0410. The Morgan fingerprint density at radius 3 is 2.86 bits per heavy atom. The van der Waals surface area contributed by atoms with E-state index in [1.807, 2.05) is 47.5 Å². The van der Waals surface area contributed by atoms with Crippen LogP contribution < -0.4 is 0 Å². The first kappa shape index (κ1) is 16.2. The van der Waals surface area contributed by atoms with E-state index in [4.69, 9.17) is 4.74 Å². The van der Waals surface area contributed by atoms with Gasteiger partial charge in [0, 0.05) is 28.6 Å². The zero-order valence-corrected chi connectivity index (χ0v) is 14.5. The van der Waals surface area contributed by atoms with Crippen LogP contribution in [0.3, 0.4) is 0 Å². The number of halogens is 1. The predicted molar refractivity (Wildman–Crippen MR) is 89.8 cm³/mol. The Labute approximate surface area is 137 Å². The van der Waals surface area contributed by atoms with E-state index >= 15 is 0 Å². The van der Waals surface area contributed by atoms with Crippen molar-refractivity contribution in [3.05, 3.63) is 56.2 Å². The Morgan fingerprint density at radius 2 is 2.19 bits per heavy atom. The van der Waals surface area contributed by atoms with E-state index in [2.05, 4.69) is 15.9 Å². The van der Waals surface area contributed by atoms with Crippen LogP contribution in [0.1, 0.15) is 20.8 Å². The number of hydrogen-bond acceptors (Lipinski definition) is 3. The van der Waals surface area contributed by atoms with Crippen LogP contribution in [0.25, 0.3) is 0 Å². The minimum atomic E-state index is 0.0410. The van der Waals surface area contributed by atoms with Crippen LogP contribution in [0.5, 0.6) is 0 Å². The van der Waals surface area contributed by atoms with Crippen molar-refractivity contribution in [2.24, 2.45) is 0 Å². The average molecular weight is 368 g/mol. The van der Waals surface area contributed by atoms with Crippen molar-refractivity contribution in [2.45, 2.75) is 13.5 Å². The second kappa shape index (κ2) is 7.73. The van der Waals surface area contributed by atoms with E-state index < -0.39 is 0 Å². The van der Waals surface area contributed by atoms with Crippen LogP contribution >= 0.6 is 27.3 Å². The molecule has 0 N–H and O–H groups in total. The normalized spacial score (nSPS) is 10.6. The fraction of sp³-hybridized carbons (Fsp3) is 0.312. The van der Waals surface area contributed by atoms with Crippen LogP contribution in [0.2, 0.25) is 0 Å². The highest BCUT2D eigenvalue weighted by Crippen LogP contribution is 2.20. The lowest BCUT2D eigenvalue weighted by atomic mass is 10.1. The van der Waals surface area contributed by atoms with Crippen molar-refractivity contribution in [1.82, 2.24) is 4.90 Å². The topological polar surface area (TPSA) is 29.5 Å². The number of thiophene rings is 1. The maximum atomic E-state index is 12.8. The molecule has 2 aromatic rings. The zero-order chi connectivity index (χ0) is 15.2. The molecular formula is C16H18BrNO2S. The summed E-state index contributed by atoms with van der Waals surface area (Å²) < 4.78 is 6.05. The molecule has 0 spiro atoms. The summed E-state index contributed by atoms with van der Waals surface area (Å²) >= 11 is 5.09. The number of carbonyl (C=O) groups excluding carboxylic acids is 1. The maximum absolute atomic E-state index is 12.8. The van der Waals surface area contributed by atoms with Crippen molar-refractivity contribution >= 4 is 33.2 Å². The molecule has 0 fully saturated rings. The first-order valence-corrected chi connectivity index (χ1v) is 8.36. The molecule has 0 aliphatic heterocycles. The number of carbonyl (C=O) groups is 1. The molecule has 0 radical (unpaired) electrons. The first-order chi connectivity index (χ1) is 10.1. The molecule has 0 atom stereocenters. The summed E-state index contributed by atoms with van der Waals surface area (Å²) in [5.41, 5.74) is 1.72. The second-order valence-electron chi connectivity index (χ2n) is 4.76. The van der Waals surface area contributed by atoms with Gasteiger partial charge in [0.25, 0.3) is 5.91 Å². The van der Waals surface area contributed by atoms with Crippen LogP contribution in [-0.4, -0.2) is 31.1 Å². The number of methoxy groups -OCH3 is 1. The lowest BCUT2D eigenvalue weighted by molar-refractivity contribution is 0.0681. The number of benzene rings is 1. The Balaban J connectivity index is 2.22. The number of ether oxygens (including phenoxy) is 1. The van der Waals surface area contributed by atoms with Gasteiger partial charge in [0.1, 0.15) is 0 Å². The fourth-order valence-corrected chi connectivity index (χ4v) is 3.12. The van der Waals surface area contributed by atoms with Crippen LogP contribution in [-0.2, 0) is 11.3 Å². The van der Waals surface area contributed by atoms with E-state index in [9.17, 15) is 4.79 Å². The molecule has 2 rings (SSSR count).